The lowest BCUT2D eigenvalue weighted by molar-refractivity contribution is -0.122. The zero-order chi connectivity index (χ0) is 17.0. The number of carbonyl (C=O) groups is 2. The zero-order valence-electron chi connectivity index (χ0n) is 13.8. The molecule has 2 amide bonds. The second-order valence-electron chi connectivity index (χ2n) is 5.75. The number of nitrogens with one attached hydrogen (secondary N) is 2. The lowest BCUT2D eigenvalue weighted by Gasteiger charge is -2.06. The number of amides is 2. The van der Waals surface area contributed by atoms with E-state index >= 15 is 0 Å². The summed E-state index contributed by atoms with van der Waals surface area (Å²) in [6.07, 6.45) is 12.9. The van der Waals surface area contributed by atoms with Gasteiger partial charge in [-0.2, -0.15) is 0 Å². The molecule has 4 heteroatoms. The predicted molar refractivity (Wildman–Crippen MR) is 95.9 cm³/mol. The van der Waals surface area contributed by atoms with Crippen LogP contribution in [-0.2, 0) is 16.1 Å². The Balaban J connectivity index is 1.54. The molecule has 1 aromatic rings. The van der Waals surface area contributed by atoms with Crippen LogP contribution in [0.25, 0.3) is 0 Å². The van der Waals surface area contributed by atoms with Gasteiger partial charge in [-0.15, -0.1) is 0 Å². The number of rotatable bonds is 8. The van der Waals surface area contributed by atoms with Crippen molar-refractivity contribution in [3.63, 3.8) is 0 Å². The van der Waals surface area contributed by atoms with E-state index in [1.54, 1.807) is 6.20 Å². The van der Waals surface area contributed by atoms with E-state index in [0.29, 0.717) is 32.2 Å². The van der Waals surface area contributed by atoms with Gasteiger partial charge >= 0.3 is 0 Å². The first-order valence-electron chi connectivity index (χ1n) is 8.36. The molecular formula is C20H24N2O2. The van der Waals surface area contributed by atoms with E-state index in [9.17, 15) is 9.59 Å². The third kappa shape index (κ3) is 7.09. The highest BCUT2D eigenvalue weighted by Crippen LogP contribution is 2.08. The van der Waals surface area contributed by atoms with Crippen LogP contribution in [0.4, 0.5) is 0 Å². The average Bonchev–Trinajstić information content (AvgIpc) is 2.63. The number of carbonyl (C=O) groups excluding carboxylic acids is 2. The smallest absolute Gasteiger partial charge is 0.223 e. The molecule has 0 radical (unpaired) electrons. The molecule has 1 aliphatic carbocycles. The molecule has 0 spiro atoms. The first-order valence-corrected chi connectivity index (χ1v) is 8.36. The van der Waals surface area contributed by atoms with Gasteiger partial charge in [-0.25, -0.2) is 0 Å². The summed E-state index contributed by atoms with van der Waals surface area (Å²) >= 11 is 0. The minimum atomic E-state index is -0.00449. The molecule has 0 aliphatic heterocycles. The van der Waals surface area contributed by atoms with Crippen molar-refractivity contribution in [2.45, 2.75) is 38.6 Å². The molecule has 2 N–H and O–H groups in total. The van der Waals surface area contributed by atoms with Crippen LogP contribution in [0.2, 0.25) is 0 Å². The second-order valence-corrected chi connectivity index (χ2v) is 5.75. The van der Waals surface area contributed by atoms with Crippen molar-refractivity contribution in [2.24, 2.45) is 0 Å². The van der Waals surface area contributed by atoms with E-state index in [2.05, 4.69) is 10.6 Å². The van der Waals surface area contributed by atoms with Crippen LogP contribution in [-0.4, -0.2) is 11.8 Å². The minimum absolute atomic E-state index is 0.00449. The summed E-state index contributed by atoms with van der Waals surface area (Å²) in [7, 11) is 0. The van der Waals surface area contributed by atoms with Crippen molar-refractivity contribution in [3.05, 3.63) is 72.0 Å². The largest absolute Gasteiger partial charge is 0.352 e. The van der Waals surface area contributed by atoms with Gasteiger partial charge in [0, 0.05) is 25.6 Å². The Morgan fingerprint density at radius 2 is 1.75 bits per heavy atom. The zero-order valence-corrected chi connectivity index (χ0v) is 13.8. The summed E-state index contributed by atoms with van der Waals surface area (Å²) in [5.41, 5.74) is 2.18. The average molecular weight is 324 g/mol. The van der Waals surface area contributed by atoms with Gasteiger partial charge in [0.15, 0.2) is 0 Å². The third-order valence-electron chi connectivity index (χ3n) is 3.72. The van der Waals surface area contributed by atoms with Crippen LogP contribution >= 0.6 is 0 Å². The summed E-state index contributed by atoms with van der Waals surface area (Å²) in [5.74, 6) is 0.0238. The molecule has 0 unspecified atom stereocenters. The van der Waals surface area contributed by atoms with E-state index in [0.717, 1.165) is 17.6 Å². The number of unbranched alkanes of at least 4 members (excludes halogenated alkanes) is 1. The van der Waals surface area contributed by atoms with Gasteiger partial charge in [0.05, 0.1) is 0 Å². The first-order chi connectivity index (χ1) is 11.7. The molecule has 0 bridgehead atoms. The molecule has 0 saturated heterocycles. The van der Waals surface area contributed by atoms with Gasteiger partial charge in [0.1, 0.15) is 0 Å². The molecule has 0 fully saturated rings. The Morgan fingerprint density at radius 3 is 2.46 bits per heavy atom. The molecule has 1 aliphatic rings. The fourth-order valence-electron chi connectivity index (χ4n) is 2.34. The highest BCUT2D eigenvalue weighted by molar-refractivity contribution is 5.77. The predicted octanol–water partition coefficient (Wildman–Crippen LogP) is 3.38. The van der Waals surface area contributed by atoms with Crippen molar-refractivity contribution >= 4 is 11.8 Å². The summed E-state index contributed by atoms with van der Waals surface area (Å²) in [4.78, 5) is 23.5. The summed E-state index contributed by atoms with van der Waals surface area (Å²) in [6.45, 7) is 0.551. The molecule has 126 valence electrons. The second kappa shape index (κ2) is 10.2. The van der Waals surface area contributed by atoms with Crippen molar-refractivity contribution in [3.8, 4) is 0 Å². The molecule has 2 rings (SSSR count). The SMILES string of the molecule is O=C(CCCCC(=O)NCc1ccccc1)N/C=C1/C=CC=CC1. The quantitative estimate of drug-likeness (QED) is 0.720. The normalized spacial score (nSPS) is 14.6. The minimum Gasteiger partial charge on any atom is -0.352 e. The van der Waals surface area contributed by atoms with Gasteiger partial charge in [-0.3, -0.25) is 9.59 Å². The lowest BCUT2D eigenvalue weighted by Crippen LogP contribution is -2.22. The monoisotopic (exact) mass is 324 g/mol. The fraction of sp³-hybridized carbons (Fsp3) is 0.300. The van der Waals surface area contributed by atoms with Gasteiger partial charge < -0.3 is 10.6 Å². The molecular weight excluding hydrogens is 300 g/mol. The van der Waals surface area contributed by atoms with Crippen LogP contribution < -0.4 is 10.6 Å². The lowest BCUT2D eigenvalue weighted by atomic mass is 10.1. The van der Waals surface area contributed by atoms with Crippen LogP contribution in [0.3, 0.4) is 0 Å². The molecule has 24 heavy (non-hydrogen) atoms. The summed E-state index contributed by atoms with van der Waals surface area (Å²) in [5, 5.41) is 5.69. The van der Waals surface area contributed by atoms with Crippen molar-refractivity contribution in [1.29, 1.82) is 0 Å². The molecule has 0 aromatic heterocycles. The molecule has 0 heterocycles. The Hall–Kier alpha value is -2.62. The van der Waals surface area contributed by atoms with Gasteiger partial charge in [0.25, 0.3) is 0 Å². The van der Waals surface area contributed by atoms with E-state index in [1.807, 2.05) is 54.6 Å². The first kappa shape index (κ1) is 17.7. The summed E-state index contributed by atoms with van der Waals surface area (Å²) in [6, 6.07) is 9.82. The standard InChI is InChI=1S/C20H24N2O2/c23-19(21-15-17-9-3-1-4-10-17)13-7-8-14-20(24)22-16-18-11-5-2-6-12-18/h1-6,9-11,16H,7-8,12-15H2,(H,21,23)(H,22,24)/b18-16-. The molecule has 4 nitrogen and oxygen atoms in total. The third-order valence-corrected chi connectivity index (χ3v) is 3.72. The maximum absolute atomic E-state index is 11.8. The van der Waals surface area contributed by atoms with Crippen LogP contribution in [0.1, 0.15) is 37.7 Å². The van der Waals surface area contributed by atoms with Crippen molar-refractivity contribution < 1.29 is 9.59 Å². The Bertz CT molecular complexity index is 630. The molecule has 0 atom stereocenters. The maximum atomic E-state index is 11.8. The van der Waals surface area contributed by atoms with E-state index in [4.69, 9.17) is 0 Å². The van der Waals surface area contributed by atoms with Crippen LogP contribution in [0.5, 0.6) is 0 Å². The van der Waals surface area contributed by atoms with Crippen LogP contribution in [0, 0.1) is 0 Å². The summed E-state index contributed by atoms with van der Waals surface area (Å²) < 4.78 is 0. The van der Waals surface area contributed by atoms with E-state index in [1.165, 1.54) is 0 Å². The van der Waals surface area contributed by atoms with Crippen molar-refractivity contribution in [2.75, 3.05) is 0 Å². The maximum Gasteiger partial charge on any atom is 0.223 e. The number of allylic oxidation sites excluding steroid dienone is 5. The number of hydrogen-bond donors (Lipinski definition) is 2. The number of benzene rings is 1. The Kier molecular flexibility index (Phi) is 7.54. The van der Waals surface area contributed by atoms with Crippen LogP contribution in [0.15, 0.2) is 66.4 Å². The molecule has 0 saturated carbocycles. The Labute approximate surface area is 143 Å². The topological polar surface area (TPSA) is 58.2 Å². The Morgan fingerprint density at radius 1 is 1.00 bits per heavy atom. The number of hydrogen-bond acceptors (Lipinski definition) is 2. The molecule has 1 aromatic carbocycles. The highest BCUT2D eigenvalue weighted by Gasteiger charge is 2.04. The van der Waals surface area contributed by atoms with Gasteiger partial charge in [0.2, 0.25) is 11.8 Å². The van der Waals surface area contributed by atoms with E-state index < -0.39 is 0 Å². The highest BCUT2D eigenvalue weighted by atomic mass is 16.2. The fourth-order valence-corrected chi connectivity index (χ4v) is 2.34. The van der Waals surface area contributed by atoms with Gasteiger partial charge in [-0.05, 0) is 30.4 Å². The van der Waals surface area contributed by atoms with E-state index in [-0.39, 0.29) is 11.8 Å². The van der Waals surface area contributed by atoms with Gasteiger partial charge in [-0.1, -0.05) is 54.6 Å². The van der Waals surface area contributed by atoms with Crippen molar-refractivity contribution in [1.82, 2.24) is 10.6 Å².